The molecule has 0 bridgehead atoms. The van der Waals surface area contributed by atoms with Crippen LogP contribution in [0.4, 0.5) is 11.4 Å². The monoisotopic (exact) mass is 309 g/mol. The minimum atomic E-state index is -3.50. The van der Waals surface area contributed by atoms with Crippen LogP contribution in [0.3, 0.4) is 0 Å². The lowest BCUT2D eigenvalue weighted by Gasteiger charge is -2.40. The zero-order valence-corrected chi connectivity index (χ0v) is 13.2. The van der Waals surface area contributed by atoms with Crippen LogP contribution in [0.1, 0.15) is 32.1 Å². The highest BCUT2D eigenvalue weighted by atomic mass is 32.2. The maximum atomic E-state index is 12.3. The number of sulfonamides is 1. The van der Waals surface area contributed by atoms with E-state index in [2.05, 4.69) is 9.62 Å². The van der Waals surface area contributed by atoms with E-state index in [1.165, 1.54) is 26.3 Å². The van der Waals surface area contributed by atoms with Crippen molar-refractivity contribution in [1.29, 1.82) is 0 Å². The first kappa shape index (κ1) is 14.7. The van der Waals surface area contributed by atoms with Gasteiger partial charge in [-0.05, 0) is 56.8 Å². The zero-order chi connectivity index (χ0) is 15.0. The van der Waals surface area contributed by atoms with Crippen LogP contribution in [-0.2, 0) is 10.0 Å². The van der Waals surface area contributed by atoms with Gasteiger partial charge in [0.05, 0.1) is 5.69 Å². The van der Waals surface area contributed by atoms with Crippen molar-refractivity contribution in [2.75, 3.05) is 24.2 Å². The van der Waals surface area contributed by atoms with Gasteiger partial charge in [-0.1, -0.05) is 6.42 Å². The van der Waals surface area contributed by atoms with Crippen LogP contribution >= 0.6 is 0 Å². The van der Waals surface area contributed by atoms with Crippen molar-refractivity contribution in [3.8, 4) is 0 Å². The molecule has 2 fully saturated rings. The Hall–Kier alpha value is -1.27. The number of nitrogens with one attached hydrogen (secondary N) is 1. The molecular weight excluding hydrogens is 286 g/mol. The summed E-state index contributed by atoms with van der Waals surface area (Å²) in [5.74, 6) is 0.710. The van der Waals surface area contributed by atoms with E-state index in [-0.39, 0.29) is 0 Å². The van der Waals surface area contributed by atoms with E-state index in [0.29, 0.717) is 22.5 Å². The first-order valence-electron chi connectivity index (χ1n) is 7.62. The van der Waals surface area contributed by atoms with E-state index in [9.17, 15) is 8.42 Å². The largest absolute Gasteiger partial charge is 0.399 e. The number of hydrogen-bond donors (Lipinski definition) is 2. The molecule has 1 aromatic carbocycles. The molecule has 3 rings (SSSR count). The zero-order valence-electron chi connectivity index (χ0n) is 12.4. The van der Waals surface area contributed by atoms with E-state index in [1.807, 2.05) is 6.07 Å². The summed E-state index contributed by atoms with van der Waals surface area (Å²) in [5.41, 5.74) is 7.08. The Morgan fingerprint density at radius 2 is 2.00 bits per heavy atom. The number of anilines is 2. The fraction of sp³-hybridized carbons (Fsp3) is 0.600. The second-order valence-corrected chi connectivity index (χ2v) is 7.88. The van der Waals surface area contributed by atoms with Crippen molar-refractivity contribution in [2.24, 2.45) is 5.92 Å². The molecule has 1 aliphatic heterocycles. The topological polar surface area (TPSA) is 75.4 Å². The molecule has 2 unspecified atom stereocenters. The molecule has 2 atom stereocenters. The molecule has 1 saturated carbocycles. The molecule has 1 saturated heterocycles. The Morgan fingerprint density at radius 1 is 1.24 bits per heavy atom. The Balaban J connectivity index is 2.05. The molecule has 5 nitrogen and oxygen atoms in total. The first-order chi connectivity index (χ1) is 10.0. The molecule has 1 heterocycles. The standard InChI is InChI=1S/C15H23N3O2S/c1-17-21(19,20)15-10-12(16)7-8-14(15)18-9-3-5-11-4-2-6-13(11)18/h7-8,10-11,13,17H,2-6,9,16H2,1H3. The van der Waals surface area contributed by atoms with Crippen molar-refractivity contribution in [3.63, 3.8) is 0 Å². The summed E-state index contributed by atoms with van der Waals surface area (Å²) in [6.07, 6.45) is 6.07. The second kappa shape index (κ2) is 5.50. The van der Waals surface area contributed by atoms with Gasteiger partial charge in [0.2, 0.25) is 10.0 Å². The molecular formula is C15H23N3O2S. The molecule has 6 heteroatoms. The number of piperidine rings is 1. The Kier molecular flexibility index (Phi) is 3.84. The summed E-state index contributed by atoms with van der Waals surface area (Å²) in [6, 6.07) is 5.70. The number of nitrogens with two attached hydrogens (primary N) is 1. The number of fused-ring (bicyclic) bond motifs is 1. The van der Waals surface area contributed by atoms with Gasteiger partial charge in [0, 0.05) is 18.3 Å². The van der Waals surface area contributed by atoms with E-state index in [1.54, 1.807) is 12.1 Å². The van der Waals surface area contributed by atoms with Crippen LogP contribution in [-0.4, -0.2) is 28.1 Å². The van der Waals surface area contributed by atoms with Gasteiger partial charge in [-0.25, -0.2) is 13.1 Å². The van der Waals surface area contributed by atoms with Gasteiger partial charge in [0.25, 0.3) is 0 Å². The second-order valence-electron chi connectivity index (χ2n) is 6.03. The van der Waals surface area contributed by atoms with Gasteiger partial charge in [-0.15, -0.1) is 0 Å². The summed E-state index contributed by atoms with van der Waals surface area (Å²) in [6.45, 7) is 0.928. The highest BCUT2D eigenvalue weighted by Crippen LogP contribution is 2.41. The minimum absolute atomic E-state index is 0.303. The van der Waals surface area contributed by atoms with Crippen molar-refractivity contribution in [2.45, 2.75) is 43.0 Å². The van der Waals surface area contributed by atoms with Crippen molar-refractivity contribution < 1.29 is 8.42 Å². The summed E-state index contributed by atoms with van der Waals surface area (Å²) in [4.78, 5) is 2.60. The number of nitrogens with zero attached hydrogens (tertiary/aromatic N) is 1. The van der Waals surface area contributed by atoms with Gasteiger partial charge >= 0.3 is 0 Å². The number of hydrogen-bond acceptors (Lipinski definition) is 4. The summed E-state index contributed by atoms with van der Waals surface area (Å²) < 4.78 is 27.0. The lowest BCUT2D eigenvalue weighted by molar-refractivity contribution is 0.361. The van der Waals surface area contributed by atoms with E-state index < -0.39 is 10.0 Å². The molecule has 0 radical (unpaired) electrons. The normalized spacial score (nSPS) is 25.9. The van der Waals surface area contributed by atoms with Crippen molar-refractivity contribution in [1.82, 2.24) is 4.72 Å². The number of benzene rings is 1. The van der Waals surface area contributed by atoms with E-state index in [0.717, 1.165) is 25.1 Å². The molecule has 1 aromatic rings. The van der Waals surface area contributed by atoms with Gasteiger partial charge < -0.3 is 10.6 Å². The third kappa shape index (κ3) is 2.62. The lowest BCUT2D eigenvalue weighted by Crippen LogP contribution is -2.43. The summed E-state index contributed by atoms with van der Waals surface area (Å²) in [7, 11) is -2.06. The van der Waals surface area contributed by atoms with Crippen LogP contribution in [0.5, 0.6) is 0 Å². The fourth-order valence-corrected chi connectivity index (χ4v) is 4.82. The predicted molar refractivity (Wildman–Crippen MR) is 84.8 cm³/mol. The quantitative estimate of drug-likeness (QED) is 0.837. The molecule has 0 spiro atoms. The highest BCUT2D eigenvalue weighted by molar-refractivity contribution is 7.89. The summed E-state index contributed by atoms with van der Waals surface area (Å²) in [5, 5.41) is 0. The van der Waals surface area contributed by atoms with Gasteiger partial charge in [-0.2, -0.15) is 0 Å². The van der Waals surface area contributed by atoms with E-state index in [4.69, 9.17) is 5.73 Å². The van der Waals surface area contributed by atoms with Crippen molar-refractivity contribution in [3.05, 3.63) is 18.2 Å². The highest BCUT2D eigenvalue weighted by Gasteiger charge is 2.36. The van der Waals surface area contributed by atoms with Gasteiger partial charge in [0.1, 0.15) is 4.90 Å². The fourth-order valence-electron chi connectivity index (χ4n) is 3.85. The van der Waals surface area contributed by atoms with Gasteiger partial charge in [0.15, 0.2) is 0 Å². The molecule has 0 amide bonds. The van der Waals surface area contributed by atoms with Crippen molar-refractivity contribution >= 4 is 21.4 Å². The van der Waals surface area contributed by atoms with Gasteiger partial charge in [-0.3, -0.25) is 0 Å². The minimum Gasteiger partial charge on any atom is -0.399 e. The Labute approximate surface area is 126 Å². The Morgan fingerprint density at radius 3 is 2.76 bits per heavy atom. The lowest BCUT2D eigenvalue weighted by atomic mass is 9.91. The van der Waals surface area contributed by atoms with E-state index >= 15 is 0 Å². The third-order valence-corrected chi connectivity index (χ3v) is 6.29. The molecule has 2 aliphatic rings. The van der Waals surface area contributed by atoms with Crippen LogP contribution in [0.2, 0.25) is 0 Å². The maximum Gasteiger partial charge on any atom is 0.242 e. The molecule has 3 N–H and O–H groups in total. The number of nitrogen functional groups attached to an aromatic ring is 1. The first-order valence-corrected chi connectivity index (χ1v) is 9.11. The average Bonchev–Trinajstić information content (AvgIpc) is 2.95. The predicted octanol–water partition coefficient (Wildman–Crippen LogP) is 1.95. The average molecular weight is 309 g/mol. The molecule has 21 heavy (non-hydrogen) atoms. The smallest absolute Gasteiger partial charge is 0.242 e. The van der Waals surface area contributed by atoms with Crippen LogP contribution < -0.4 is 15.4 Å². The molecule has 0 aromatic heterocycles. The third-order valence-electron chi connectivity index (χ3n) is 4.84. The SMILES string of the molecule is CNS(=O)(=O)c1cc(N)ccc1N1CCCC2CCCC21. The molecule has 116 valence electrons. The maximum absolute atomic E-state index is 12.3. The molecule has 1 aliphatic carbocycles. The van der Waals surface area contributed by atoms with Crippen LogP contribution in [0.25, 0.3) is 0 Å². The summed E-state index contributed by atoms with van der Waals surface area (Å²) >= 11 is 0. The van der Waals surface area contributed by atoms with Crippen LogP contribution in [0.15, 0.2) is 23.1 Å². The Bertz CT molecular complexity index is 630. The van der Waals surface area contributed by atoms with Crippen LogP contribution in [0, 0.1) is 5.92 Å². The number of rotatable bonds is 3.